The van der Waals surface area contributed by atoms with E-state index in [0.29, 0.717) is 20.7 Å². The van der Waals surface area contributed by atoms with Gasteiger partial charge in [-0.25, -0.2) is 4.98 Å². The number of carbonyl (C=O) groups excluding carboxylic acids is 1. The summed E-state index contributed by atoms with van der Waals surface area (Å²) in [5.74, 6) is -0.248. The van der Waals surface area contributed by atoms with Crippen LogP contribution in [0.25, 0.3) is 11.3 Å². The van der Waals surface area contributed by atoms with Gasteiger partial charge < -0.3 is 0 Å². The summed E-state index contributed by atoms with van der Waals surface area (Å²) in [5.41, 5.74) is 2.06. The van der Waals surface area contributed by atoms with Gasteiger partial charge in [-0.3, -0.25) is 10.1 Å². The number of hydrogen-bond donors (Lipinski definition) is 1. The Morgan fingerprint density at radius 1 is 1.09 bits per heavy atom. The molecule has 0 aliphatic heterocycles. The van der Waals surface area contributed by atoms with Gasteiger partial charge in [0.2, 0.25) is 0 Å². The second-order valence-corrected chi connectivity index (χ2v) is 6.18. The van der Waals surface area contributed by atoms with Crippen LogP contribution in [-0.4, -0.2) is 10.9 Å². The highest BCUT2D eigenvalue weighted by molar-refractivity contribution is 7.14. The zero-order chi connectivity index (χ0) is 15.5. The first-order chi connectivity index (χ1) is 10.6. The van der Waals surface area contributed by atoms with Crippen LogP contribution in [0.2, 0.25) is 10.0 Å². The molecule has 0 bridgehead atoms. The summed E-state index contributed by atoms with van der Waals surface area (Å²) >= 11 is 13.4. The summed E-state index contributed by atoms with van der Waals surface area (Å²) in [6, 6.07) is 14.2. The molecule has 110 valence electrons. The van der Waals surface area contributed by atoms with E-state index in [9.17, 15) is 4.79 Å². The van der Waals surface area contributed by atoms with Crippen molar-refractivity contribution in [3.8, 4) is 11.3 Å². The monoisotopic (exact) mass is 348 g/mol. The highest BCUT2D eigenvalue weighted by Gasteiger charge is 2.11. The van der Waals surface area contributed by atoms with E-state index in [1.165, 1.54) is 11.3 Å². The Bertz CT molecular complexity index is 832. The molecule has 3 aromatic rings. The zero-order valence-corrected chi connectivity index (χ0v) is 13.5. The van der Waals surface area contributed by atoms with Crippen LogP contribution in [0.15, 0.2) is 53.9 Å². The Kier molecular flexibility index (Phi) is 4.43. The number of rotatable bonds is 3. The topological polar surface area (TPSA) is 42.0 Å². The highest BCUT2D eigenvalue weighted by atomic mass is 35.5. The van der Waals surface area contributed by atoms with E-state index in [2.05, 4.69) is 10.3 Å². The molecule has 22 heavy (non-hydrogen) atoms. The summed E-state index contributed by atoms with van der Waals surface area (Å²) in [6.07, 6.45) is 0. The van der Waals surface area contributed by atoms with Crippen LogP contribution in [0.5, 0.6) is 0 Å². The minimum absolute atomic E-state index is 0.248. The number of hydrogen-bond acceptors (Lipinski definition) is 3. The lowest BCUT2D eigenvalue weighted by Gasteiger charge is -2.02. The lowest BCUT2D eigenvalue weighted by atomic mass is 10.2. The van der Waals surface area contributed by atoms with Crippen LogP contribution >= 0.6 is 34.5 Å². The number of nitrogens with zero attached hydrogens (tertiary/aromatic N) is 1. The van der Waals surface area contributed by atoms with Crippen molar-refractivity contribution in [2.24, 2.45) is 0 Å². The average Bonchev–Trinajstić information content (AvgIpc) is 2.96. The van der Waals surface area contributed by atoms with Crippen molar-refractivity contribution in [1.29, 1.82) is 0 Å². The number of halogens is 2. The van der Waals surface area contributed by atoms with Gasteiger partial charge >= 0.3 is 0 Å². The van der Waals surface area contributed by atoms with Crippen LogP contribution in [0.3, 0.4) is 0 Å². The first-order valence-electron chi connectivity index (χ1n) is 6.41. The van der Waals surface area contributed by atoms with E-state index in [0.717, 1.165) is 11.3 Å². The Balaban J connectivity index is 1.80. The second kappa shape index (κ2) is 6.48. The molecule has 1 amide bonds. The molecule has 6 heteroatoms. The van der Waals surface area contributed by atoms with Crippen molar-refractivity contribution in [1.82, 2.24) is 4.98 Å². The molecule has 1 aromatic heterocycles. The van der Waals surface area contributed by atoms with Gasteiger partial charge in [0.25, 0.3) is 5.91 Å². The van der Waals surface area contributed by atoms with E-state index in [1.54, 1.807) is 30.3 Å². The van der Waals surface area contributed by atoms with E-state index in [4.69, 9.17) is 23.2 Å². The van der Waals surface area contributed by atoms with Gasteiger partial charge in [0.05, 0.1) is 5.69 Å². The van der Waals surface area contributed by atoms with Gasteiger partial charge in [0.1, 0.15) is 0 Å². The standard InChI is InChI=1S/C16H10Cl2N2OS/c17-11-5-3-4-10(8-11)15(21)20-16-19-14(9-22-16)12-6-1-2-7-13(12)18/h1-9H,(H,19,20,21). The molecule has 0 saturated heterocycles. The van der Waals surface area contributed by atoms with Gasteiger partial charge in [0.15, 0.2) is 5.13 Å². The molecule has 0 spiro atoms. The number of amides is 1. The van der Waals surface area contributed by atoms with Crippen LogP contribution < -0.4 is 5.32 Å². The lowest BCUT2D eigenvalue weighted by Crippen LogP contribution is -2.11. The molecule has 0 aliphatic carbocycles. The predicted octanol–water partition coefficient (Wildman–Crippen LogP) is 5.37. The summed E-state index contributed by atoms with van der Waals surface area (Å²) in [7, 11) is 0. The number of anilines is 1. The zero-order valence-electron chi connectivity index (χ0n) is 11.2. The van der Waals surface area contributed by atoms with Crippen LogP contribution in [-0.2, 0) is 0 Å². The molecule has 3 rings (SSSR count). The summed E-state index contributed by atoms with van der Waals surface area (Å²) in [6.45, 7) is 0. The number of carbonyl (C=O) groups is 1. The second-order valence-electron chi connectivity index (χ2n) is 4.48. The molecular formula is C16H10Cl2N2OS. The summed E-state index contributed by atoms with van der Waals surface area (Å²) in [5, 5.41) is 6.27. The fourth-order valence-electron chi connectivity index (χ4n) is 1.92. The maximum absolute atomic E-state index is 12.1. The van der Waals surface area contributed by atoms with Crippen molar-refractivity contribution >= 4 is 45.6 Å². The maximum Gasteiger partial charge on any atom is 0.257 e. The summed E-state index contributed by atoms with van der Waals surface area (Å²) in [4.78, 5) is 16.5. The molecular weight excluding hydrogens is 339 g/mol. The maximum atomic E-state index is 12.1. The van der Waals surface area contributed by atoms with Crippen molar-refractivity contribution in [3.63, 3.8) is 0 Å². The van der Waals surface area contributed by atoms with E-state index >= 15 is 0 Å². The Hall–Kier alpha value is -1.88. The van der Waals surface area contributed by atoms with E-state index in [-0.39, 0.29) is 5.91 Å². The van der Waals surface area contributed by atoms with Crippen LogP contribution in [0, 0.1) is 0 Å². The molecule has 0 fully saturated rings. The third-order valence-corrected chi connectivity index (χ3v) is 4.28. The fraction of sp³-hybridized carbons (Fsp3) is 0. The van der Waals surface area contributed by atoms with Gasteiger partial charge in [0, 0.05) is 26.6 Å². The third-order valence-electron chi connectivity index (χ3n) is 2.96. The minimum Gasteiger partial charge on any atom is -0.298 e. The molecule has 0 saturated carbocycles. The van der Waals surface area contributed by atoms with Crippen molar-refractivity contribution in [2.45, 2.75) is 0 Å². The predicted molar refractivity (Wildman–Crippen MR) is 92.0 cm³/mol. The van der Waals surface area contributed by atoms with Crippen molar-refractivity contribution in [3.05, 3.63) is 69.5 Å². The van der Waals surface area contributed by atoms with E-state index in [1.807, 2.05) is 23.6 Å². The quantitative estimate of drug-likeness (QED) is 0.691. The van der Waals surface area contributed by atoms with Gasteiger partial charge in [-0.2, -0.15) is 0 Å². The smallest absolute Gasteiger partial charge is 0.257 e. The first-order valence-corrected chi connectivity index (χ1v) is 8.04. The molecule has 0 aliphatic rings. The Morgan fingerprint density at radius 3 is 2.68 bits per heavy atom. The lowest BCUT2D eigenvalue weighted by molar-refractivity contribution is 0.102. The third kappa shape index (κ3) is 3.30. The normalized spacial score (nSPS) is 10.5. The highest BCUT2D eigenvalue weighted by Crippen LogP contribution is 2.30. The molecule has 2 aromatic carbocycles. The van der Waals surface area contributed by atoms with Gasteiger partial charge in [-0.15, -0.1) is 11.3 Å². The minimum atomic E-state index is -0.248. The number of thiazole rings is 1. The largest absolute Gasteiger partial charge is 0.298 e. The Morgan fingerprint density at radius 2 is 1.91 bits per heavy atom. The fourth-order valence-corrected chi connectivity index (χ4v) is 3.05. The molecule has 1 heterocycles. The molecule has 0 atom stereocenters. The number of nitrogens with one attached hydrogen (secondary N) is 1. The van der Waals surface area contributed by atoms with Crippen molar-refractivity contribution in [2.75, 3.05) is 5.32 Å². The average molecular weight is 349 g/mol. The number of aromatic nitrogens is 1. The first kappa shape index (κ1) is 15.0. The van der Waals surface area contributed by atoms with Gasteiger partial charge in [-0.1, -0.05) is 47.5 Å². The van der Waals surface area contributed by atoms with Crippen LogP contribution in [0.1, 0.15) is 10.4 Å². The molecule has 0 radical (unpaired) electrons. The van der Waals surface area contributed by atoms with E-state index < -0.39 is 0 Å². The SMILES string of the molecule is O=C(Nc1nc(-c2ccccc2Cl)cs1)c1cccc(Cl)c1. The van der Waals surface area contributed by atoms with Crippen LogP contribution in [0.4, 0.5) is 5.13 Å². The van der Waals surface area contributed by atoms with Crippen molar-refractivity contribution < 1.29 is 4.79 Å². The molecule has 0 unspecified atom stereocenters. The number of benzene rings is 2. The summed E-state index contributed by atoms with van der Waals surface area (Å²) < 4.78 is 0. The van der Waals surface area contributed by atoms with Gasteiger partial charge in [-0.05, 0) is 24.3 Å². The Labute approximate surface area is 141 Å². The molecule has 1 N–H and O–H groups in total. The molecule has 3 nitrogen and oxygen atoms in total.